The fraction of sp³-hybridized carbons (Fsp3) is 0.0833. The van der Waals surface area contributed by atoms with Crippen LogP contribution in [0.1, 0.15) is 27.0 Å². The van der Waals surface area contributed by atoms with E-state index in [0.29, 0.717) is 5.69 Å². The maximum absolute atomic E-state index is 14.8. The van der Waals surface area contributed by atoms with Gasteiger partial charge in [0, 0.05) is 16.1 Å². The summed E-state index contributed by atoms with van der Waals surface area (Å²) < 4.78 is 33.4. The van der Waals surface area contributed by atoms with Crippen LogP contribution in [0.4, 0.5) is 14.5 Å². The summed E-state index contributed by atoms with van der Waals surface area (Å²) in [6, 6.07) is 16.4. The van der Waals surface area contributed by atoms with E-state index in [-0.39, 0.29) is 17.9 Å². The highest BCUT2D eigenvalue weighted by Gasteiger charge is 2.35. The first-order valence-corrected chi connectivity index (χ1v) is 10.6. The zero-order valence-corrected chi connectivity index (χ0v) is 17.5. The summed E-state index contributed by atoms with van der Waals surface area (Å²) in [6.45, 7) is 0.0625. The first kappa shape index (κ1) is 21.5. The molecule has 0 aliphatic rings. The molecule has 0 unspecified atom stereocenters. The number of thiophene rings is 1. The normalized spacial score (nSPS) is 11.7. The van der Waals surface area contributed by atoms with E-state index in [1.807, 2.05) is 17.5 Å². The number of furan rings is 1. The van der Waals surface area contributed by atoms with Gasteiger partial charge >= 0.3 is 0 Å². The lowest BCUT2D eigenvalue weighted by molar-refractivity contribution is -0.121. The van der Waals surface area contributed by atoms with Crippen LogP contribution in [0.2, 0.25) is 0 Å². The lowest BCUT2D eigenvalue weighted by atomic mass is 10.0. The van der Waals surface area contributed by atoms with Gasteiger partial charge in [0.2, 0.25) is 0 Å². The van der Waals surface area contributed by atoms with Crippen molar-refractivity contribution in [3.8, 4) is 0 Å². The molecule has 2 aromatic heterocycles. The van der Waals surface area contributed by atoms with Crippen LogP contribution >= 0.6 is 11.3 Å². The van der Waals surface area contributed by atoms with E-state index >= 15 is 0 Å². The van der Waals surface area contributed by atoms with Crippen LogP contribution in [0.15, 0.2) is 88.9 Å². The van der Waals surface area contributed by atoms with Crippen molar-refractivity contribution in [3.05, 3.63) is 112 Å². The Hall–Kier alpha value is -3.78. The number of hydrogen-bond acceptors (Lipinski definition) is 4. The number of nitrogens with one attached hydrogen (secondary N) is 1. The number of hydrogen-bond donors (Lipinski definition) is 1. The van der Waals surface area contributed by atoms with E-state index < -0.39 is 29.5 Å². The molecule has 2 amide bonds. The Labute approximate surface area is 186 Å². The molecule has 4 rings (SSSR count). The molecular weight excluding hydrogens is 434 g/mol. The number of nitrogens with zero attached hydrogens (tertiary/aromatic N) is 1. The van der Waals surface area contributed by atoms with Crippen molar-refractivity contribution in [1.82, 2.24) is 4.90 Å². The predicted molar refractivity (Wildman–Crippen MR) is 117 cm³/mol. The number of halogens is 2. The Morgan fingerprint density at radius 3 is 2.41 bits per heavy atom. The Morgan fingerprint density at radius 2 is 1.75 bits per heavy atom. The van der Waals surface area contributed by atoms with Gasteiger partial charge in [-0.05, 0) is 53.9 Å². The van der Waals surface area contributed by atoms with Crippen LogP contribution < -0.4 is 5.32 Å². The van der Waals surface area contributed by atoms with E-state index in [0.717, 1.165) is 4.88 Å². The molecular formula is C24H18F2N2O3S. The molecule has 1 atom stereocenters. The lowest BCUT2D eigenvalue weighted by Gasteiger charge is -2.30. The first-order valence-electron chi connectivity index (χ1n) is 9.70. The molecule has 0 fully saturated rings. The maximum Gasteiger partial charge on any atom is 0.290 e. The van der Waals surface area contributed by atoms with Gasteiger partial charge in [0.1, 0.15) is 17.7 Å². The summed E-state index contributed by atoms with van der Waals surface area (Å²) in [4.78, 5) is 28.8. The monoisotopic (exact) mass is 452 g/mol. The van der Waals surface area contributed by atoms with Crippen LogP contribution in [-0.2, 0) is 11.3 Å². The van der Waals surface area contributed by atoms with Crippen molar-refractivity contribution in [2.75, 3.05) is 5.32 Å². The van der Waals surface area contributed by atoms with Gasteiger partial charge in [-0.1, -0.05) is 24.3 Å². The van der Waals surface area contributed by atoms with Crippen LogP contribution in [0.5, 0.6) is 0 Å². The van der Waals surface area contributed by atoms with Gasteiger partial charge in [-0.15, -0.1) is 11.3 Å². The first-order chi connectivity index (χ1) is 15.5. The maximum atomic E-state index is 14.8. The van der Waals surface area contributed by atoms with Gasteiger partial charge < -0.3 is 14.6 Å². The highest BCUT2D eigenvalue weighted by Crippen LogP contribution is 2.30. The molecule has 0 aliphatic carbocycles. The molecule has 0 saturated carbocycles. The molecule has 2 aromatic carbocycles. The number of benzene rings is 2. The Morgan fingerprint density at radius 1 is 0.969 bits per heavy atom. The number of carbonyl (C=O) groups excluding carboxylic acids is 2. The van der Waals surface area contributed by atoms with Crippen molar-refractivity contribution in [3.63, 3.8) is 0 Å². The Kier molecular flexibility index (Phi) is 6.42. The van der Waals surface area contributed by atoms with Crippen LogP contribution in [0.3, 0.4) is 0 Å². The van der Waals surface area contributed by atoms with Gasteiger partial charge in [0.25, 0.3) is 11.8 Å². The van der Waals surface area contributed by atoms with Crippen molar-refractivity contribution < 1.29 is 22.8 Å². The zero-order valence-electron chi connectivity index (χ0n) is 16.7. The standard InChI is InChI=1S/C24H18F2N2O3S/c25-16-9-11-17(12-10-16)27-23(29)22(19-6-1-2-7-20(19)26)28(15-18-5-4-14-32-18)24(30)21-8-3-13-31-21/h1-14,22H,15H2,(H,27,29)/t22-/m0/s1. The van der Waals surface area contributed by atoms with Gasteiger partial charge in [-0.25, -0.2) is 8.78 Å². The Bertz CT molecular complexity index is 1190. The third kappa shape index (κ3) is 4.76. The second-order valence-corrected chi connectivity index (χ2v) is 7.94. The van der Waals surface area contributed by atoms with Crippen molar-refractivity contribution in [2.24, 2.45) is 0 Å². The summed E-state index contributed by atoms with van der Waals surface area (Å²) >= 11 is 1.41. The predicted octanol–water partition coefficient (Wildman–Crippen LogP) is 5.64. The quantitative estimate of drug-likeness (QED) is 0.395. The third-order valence-corrected chi connectivity index (χ3v) is 5.63. The van der Waals surface area contributed by atoms with Crippen molar-refractivity contribution in [2.45, 2.75) is 12.6 Å². The molecule has 0 aliphatic heterocycles. The van der Waals surface area contributed by atoms with Gasteiger partial charge in [-0.2, -0.15) is 0 Å². The number of rotatable bonds is 7. The Balaban J connectivity index is 1.77. The van der Waals surface area contributed by atoms with Crippen LogP contribution in [-0.4, -0.2) is 16.7 Å². The van der Waals surface area contributed by atoms with Crippen LogP contribution in [0.25, 0.3) is 0 Å². The second-order valence-electron chi connectivity index (χ2n) is 6.91. The van der Waals surface area contributed by atoms with E-state index in [2.05, 4.69) is 5.32 Å². The SMILES string of the molecule is O=C(Nc1ccc(F)cc1)[C@H](c1ccccc1F)N(Cc1cccs1)C(=O)c1ccco1. The number of amides is 2. The topological polar surface area (TPSA) is 62.6 Å². The third-order valence-electron chi connectivity index (χ3n) is 4.77. The molecule has 0 bridgehead atoms. The number of anilines is 1. The lowest BCUT2D eigenvalue weighted by Crippen LogP contribution is -2.41. The summed E-state index contributed by atoms with van der Waals surface area (Å²) in [6.07, 6.45) is 1.35. The summed E-state index contributed by atoms with van der Waals surface area (Å²) in [5, 5.41) is 4.51. The van der Waals surface area contributed by atoms with Gasteiger partial charge in [-0.3, -0.25) is 9.59 Å². The summed E-state index contributed by atoms with van der Waals surface area (Å²) in [7, 11) is 0. The fourth-order valence-electron chi connectivity index (χ4n) is 3.28. The second kappa shape index (κ2) is 9.57. The van der Waals surface area contributed by atoms with Crippen molar-refractivity contribution in [1.29, 1.82) is 0 Å². The molecule has 0 saturated heterocycles. The molecule has 0 spiro atoms. The van der Waals surface area contributed by atoms with Gasteiger partial charge in [0.05, 0.1) is 12.8 Å². The molecule has 32 heavy (non-hydrogen) atoms. The highest BCUT2D eigenvalue weighted by atomic mass is 32.1. The molecule has 0 radical (unpaired) electrons. The minimum absolute atomic E-state index is 0.0254. The van der Waals surface area contributed by atoms with E-state index in [9.17, 15) is 18.4 Å². The largest absolute Gasteiger partial charge is 0.459 e. The molecule has 1 N–H and O–H groups in total. The minimum atomic E-state index is -1.30. The molecule has 4 aromatic rings. The average molecular weight is 452 g/mol. The number of carbonyl (C=O) groups is 2. The summed E-state index contributed by atoms with van der Waals surface area (Å²) in [5.74, 6) is -2.27. The van der Waals surface area contributed by atoms with E-state index in [4.69, 9.17) is 4.42 Å². The minimum Gasteiger partial charge on any atom is -0.459 e. The molecule has 2 heterocycles. The van der Waals surface area contributed by atoms with Crippen LogP contribution in [0, 0.1) is 11.6 Å². The summed E-state index contributed by atoms with van der Waals surface area (Å²) in [5.41, 5.74) is 0.350. The molecule has 162 valence electrons. The van der Waals surface area contributed by atoms with Gasteiger partial charge in [0.15, 0.2) is 5.76 Å². The van der Waals surface area contributed by atoms with Crippen molar-refractivity contribution >= 4 is 28.8 Å². The fourth-order valence-corrected chi connectivity index (χ4v) is 3.99. The van der Waals surface area contributed by atoms with E-state index in [1.54, 1.807) is 12.1 Å². The molecule has 5 nitrogen and oxygen atoms in total. The molecule has 8 heteroatoms. The zero-order chi connectivity index (χ0) is 22.5. The highest BCUT2D eigenvalue weighted by molar-refractivity contribution is 7.09. The average Bonchev–Trinajstić information content (AvgIpc) is 3.50. The smallest absolute Gasteiger partial charge is 0.290 e. The van der Waals surface area contributed by atoms with E-state index in [1.165, 1.54) is 71.0 Å².